The predicted octanol–water partition coefficient (Wildman–Crippen LogP) is 3.64. The number of benzene rings is 1. The number of rotatable bonds is 7. The van der Waals surface area contributed by atoms with Crippen molar-refractivity contribution >= 4 is 21.6 Å². The van der Waals surface area contributed by atoms with Gasteiger partial charge in [0.1, 0.15) is 0 Å². The Balaban J connectivity index is 2.56. The average Bonchev–Trinajstić information content (AvgIpc) is 2.28. The van der Waals surface area contributed by atoms with Crippen molar-refractivity contribution in [2.45, 2.75) is 32.7 Å². The monoisotopic (exact) mass is 300 g/mol. The van der Waals surface area contributed by atoms with Crippen molar-refractivity contribution in [2.24, 2.45) is 0 Å². The number of halogens is 1. The van der Waals surface area contributed by atoms with Crippen LogP contribution in [0.1, 0.15) is 31.7 Å². The molecule has 0 saturated heterocycles. The Labute approximate surface area is 110 Å². The van der Waals surface area contributed by atoms with Crippen LogP contribution >= 0.6 is 15.9 Å². The van der Waals surface area contributed by atoms with Gasteiger partial charge in [0, 0.05) is 22.6 Å². The Morgan fingerprint density at radius 3 is 2.82 bits per heavy atom. The van der Waals surface area contributed by atoms with Crippen molar-refractivity contribution in [1.29, 1.82) is 0 Å². The van der Waals surface area contributed by atoms with E-state index in [0.717, 1.165) is 23.0 Å². The molecule has 0 bridgehead atoms. The fraction of sp³-hybridized carbons (Fsp3) is 0.500. The fourth-order valence-electron chi connectivity index (χ4n) is 1.60. The third-order valence-corrected chi connectivity index (χ3v) is 3.00. The molecule has 4 nitrogen and oxygen atoms in total. The lowest BCUT2D eigenvalue weighted by atomic mass is 10.2. The minimum atomic E-state index is -0.338. The summed E-state index contributed by atoms with van der Waals surface area (Å²) in [5, 5.41) is 14.1. The van der Waals surface area contributed by atoms with Gasteiger partial charge in [0.05, 0.1) is 4.92 Å². The lowest BCUT2D eigenvalue weighted by Crippen LogP contribution is -2.15. The molecule has 0 saturated carbocycles. The first-order valence-corrected chi connectivity index (χ1v) is 6.58. The normalized spacial score (nSPS) is 10.5. The van der Waals surface area contributed by atoms with Gasteiger partial charge < -0.3 is 5.32 Å². The van der Waals surface area contributed by atoms with Crippen LogP contribution in [0, 0.1) is 10.1 Å². The summed E-state index contributed by atoms with van der Waals surface area (Å²) in [7, 11) is 0. The molecule has 17 heavy (non-hydrogen) atoms. The quantitative estimate of drug-likeness (QED) is 0.475. The second-order valence-corrected chi connectivity index (χ2v) is 4.83. The highest BCUT2D eigenvalue weighted by Crippen LogP contribution is 2.22. The number of nitrogens with one attached hydrogen (secondary N) is 1. The number of hydrogen-bond donors (Lipinski definition) is 1. The van der Waals surface area contributed by atoms with E-state index < -0.39 is 0 Å². The fourth-order valence-corrected chi connectivity index (χ4v) is 2.01. The first-order valence-electron chi connectivity index (χ1n) is 5.78. The molecule has 5 heteroatoms. The summed E-state index contributed by atoms with van der Waals surface area (Å²) in [5.41, 5.74) is 0.900. The van der Waals surface area contributed by atoms with Crippen molar-refractivity contribution < 1.29 is 4.92 Å². The minimum absolute atomic E-state index is 0.177. The maximum Gasteiger partial charge on any atom is 0.273 e. The third kappa shape index (κ3) is 4.83. The van der Waals surface area contributed by atoms with Crippen LogP contribution in [-0.2, 0) is 6.54 Å². The second-order valence-electron chi connectivity index (χ2n) is 3.91. The molecule has 1 rings (SSSR count). The van der Waals surface area contributed by atoms with E-state index in [1.807, 2.05) is 0 Å². The standard InChI is InChI=1S/C12H17BrN2O2/c1-2-3-4-7-14-9-10-8-11(13)5-6-12(10)15(16)17/h5-6,8,14H,2-4,7,9H2,1H3. The van der Waals surface area contributed by atoms with Gasteiger partial charge in [-0.1, -0.05) is 35.7 Å². The van der Waals surface area contributed by atoms with Gasteiger partial charge in [-0.3, -0.25) is 10.1 Å². The Morgan fingerprint density at radius 1 is 1.41 bits per heavy atom. The molecule has 0 spiro atoms. The van der Waals surface area contributed by atoms with E-state index in [2.05, 4.69) is 28.2 Å². The molecule has 1 aromatic rings. The van der Waals surface area contributed by atoms with Crippen LogP contribution in [0.15, 0.2) is 22.7 Å². The SMILES string of the molecule is CCCCCNCc1cc(Br)ccc1[N+](=O)[O-]. The Morgan fingerprint density at radius 2 is 2.18 bits per heavy atom. The van der Waals surface area contributed by atoms with Crippen LogP contribution in [-0.4, -0.2) is 11.5 Å². The van der Waals surface area contributed by atoms with Gasteiger partial charge in [0.25, 0.3) is 5.69 Å². The first-order chi connectivity index (χ1) is 8.15. The molecule has 0 aliphatic rings. The van der Waals surface area contributed by atoms with Crippen LogP contribution in [0.2, 0.25) is 0 Å². The van der Waals surface area contributed by atoms with Gasteiger partial charge in [-0.25, -0.2) is 0 Å². The summed E-state index contributed by atoms with van der Waals surface area (Å²) in [6.07, 6.45) is 3.48. The van der Waals surface area contributed by atoms with Crippen LogP contribution in [0.25, 0.3) is 0 Å². The summed E-state index contributed by atoms with van der Waals surface area (Å²) >= 11 is 3.33. The zero-order chi connectivity index (χ0) is 12.7. The molecule has 0 unspecified atom stereocenters. The van der Waals surface area contributed by atoms with E-state index in [9.17, 15) is 10.1 Å². The summed E-state index contributed by atoms with van der Waals surface area (Å²) in [4.78, 5) is 10.5. The van der Waals surface area contributed by atoms with E-state index in [-0.39, 0.29) is 10.6 Å². The summed E-state index contributed by atoms with van der Waals surface area (Å²) < 4.78 is 0.869. The molecule has 0 amide bonds. The molecule has 1 N–H and O–H groups in total. The van der Waals surface area contributed by atoms with Gasteiger partial charge in [0.2, 0.25) is 0 Å². The molecule has 0 aliphatic heterocycles. The summed E-state index contributed by atoms with van der Waals surface area (Å²) in [5.74, 6) is 0. The highest BCUT2D eigenvalue weighted by atomic mass is 79.9. The second kappa shape index (κ2) is 7.40. The van der Waals surface area contributed by atoms with Crippen molar-refractivity contribution in [3.8, 4) is 0 Å². The first kappa shape index (κ1) is 14.1. The third-order valence-electron chi connectivity index (χ3n) is 2.51. The Bertz CT molecular complexity index is 383. The Hall–Kier alpha value is -0.940. The molecule has 0 fully saturated rings. The van der Waals surface area contributed by atoms with Crippen molar-refractivity contribution in [3.63, 3.8) is 0 Å². The van der Waals surface area contributed by atoms with Gasteiger partial charge in [-0.2, -0.15) is 0 Å². The Kier molecular flexibility index (Phi) is 6.15. The summed E-state index contributed by atoms with van der Waals surface area (Å²) in [6, 6.07) is 5.02. The molecule has 0 aliphatic carbocycles. The van der Waals surface area contributed by atoms with Gasteiger partial charge in [0.15, 0.2) is 0 Å². The van der Waals surface area contributed by atoms with Crippen LogP contribution in [0.4, 0.5) is 5.69 Å². The van der Waals surface area contributed by atoms with E-state index >= 15 is 0 Å². The van der Waals surface area contributed by atoms with E-state index in [4.69, 9.17) is 0 Å². The molecule has 0 heterocycles. The minimum Gasteiger partial charge on any atom is -0.312 e. The smallest absolute Gasteiger partial charge is 0.273 e. The van der Waals surface area contributed by atoms with Crippen LogP contribution < -0.4 is 5.32 Å². The molecule has 1 aromatic carbocycles. The van der Waals surface area contributed by atoms with Crippen molar-refractivity contribution in [2.75, 3.05) is 6.54 Å². The van der Waals surface area contributed by atoms with Gasteiger partial charge >= 0.3 is 0 Å². The zero-order valence-corrected chi connectivity index (χ0v) is 11.5. The molecule has 0 radical (unpaired) electrons. The molecular weight excluding hydrogens is 284 g/mol. The van der Waals surface area contributed by atoms with E-state index in [0.29, 0.717) is 6.54 Å². The molecule has 94 valence electrons. The van der Waals surface area contributed by atoms with Crippen molar-refractivity contribution in [3.05, 3.63) is 38.3 Å². The predicted molar refractivity (Wildman–Crippen MR) is 72.0 cm³/mol. The zero-order valence-electron chi connectivity index (χ0n) is 9.91. The van der Waals surface area contributed by atoms with Gasteiger partial charge in [-0.05, 0) is 25.1 Å². The summed E-state index contributed by atoms with van der Waals surface area (Å²) in [6.45, 7) is 3.59. The van der Waals surface area contributed by atoms with E-state index in [1.165, 1.54) is 18.9 Å². The van der Waals surface area contributed by atoms with Gasteiger partial charge in [-0.15, -0.1) is 0 Å². The number of nitro benzene ring substituents is 1. The average molecular weight is 301 g/mol. The molecular formula is C12H17BrN2O2. The number of unbranched alkanes of at least 4 members (excludes halogenated alkanes) is 2. The number of hydrogen-bond acceptors (Lipinski definition) is 3. The number of nitrogens with zero attached hydrogens (tertiary/aromatic N) is 1. The maximum absolute atomic E-state index is 10.8. The van der Waals surface area contributed by atoms with E-state index in [1.54, 1.807) is 12.1 Å². The lowest BCUT2D eigenvalue weighted by molar-refractivity contribution is -0.385. The maximum atomic E-state index is 10.8. The lowest BCUT2D eigenvalue weighted by Gasteiger charge is -2.05. The van der Waals surface area contributed by atoms with Crippen LogP contribution in [0.3, 0.4) is 0 Å². The van der Waals surface area contributed by atoms with Crippen molar-refractivity contribution in [1.82, 2.24) is 5.32 Å². The largest absolute Gasteiger partial charge is 0.312 e. The highest BCUT2D eigenvalue weighted by Gasteiger charge is 2.12. The topological polar surface area (TPSA) is 55.2 Å². The van der Waals surface area contributed by atoms with Crippen LogP contribution in [0.5, 0.6) is 0 Å². The number of nitro groups is 1. The molecule has 0 aromatic heterocycles. The molecule has 0 atom stereocenters. The highest BCUT2D eigenvalue weighted by molar-refractivity contribution is 9.10.